The summed E-state index contributed by atoms with van der Waals surface area (Å²) in [6.07, 6.45) is 15.6. The maximum absolute atomic E-state index is 14.1. The predicted molar refractivity (Wildman–Crippen MR) is 301 cm³/mol. The Kier molecular flexibility index (Phi) is 29.8. The first kappa shape index (κ1) is 64.8. The molecule has 0 radical (unpaired) electrons. The smallest absolute Gasteiger partial charge is 0.212 e. The highest BCUT2D eigenvalue weighted by Gasteiger charge is 2.64. The van der Waals surface area contributed by atoms with Crippen LogP contribution in [0.2, 0.25) is 0 Å². The molecule has 17 nitrogen and oxygen atoms in total. The maximum Gasteiger partial charge on any atom is 0.212 e. The third-order valence-electron chi connectivity index (χ3n) is 13.9. The number of ketones is 1. The van der Waals surface area contributed by atoms with Crippen molar-refractivity contribution in [3.8, 4) is 0 Å². The second-order valence-corrected chi connectivity index (χ2v) is 20.6. The highest BCUT2D eigenvalue weighted by molar-refractivity contribution is 6.00. The van der Waals surface area contributed by atoms with Crippen LogP contribution in [-0.4, -0.2) is 145 Å². The van der Waals surface area contributed by atoms with Crippen molar-refractivity contribution in [1.82, 2.24) is 19.2 Å². The van der Waals surface area contributed by atoms with Crippen LogP contribution < -0.4 is 11.5 Å². The fourth-order valence-corrected chi connectivity index (χ4v) is 9.26. The molecular formula is C59H100N6O11. The Hall–Kier alpha value is -3.75. The van der Waals surface area contributed by atoms with Crippen molar-refractivity contribution in [2.24, 2.45) is 0 Å². The Morgan fingerprint density at radius 2 is 1.03 bits per heavy atom. The standard InChI is InChI=1S/C30H51N3O5.C29H49N3O6/c1-6-10-18-34-22-30(23-35-19-11-7-2)28(37-21-13-9-4)27(36-20-12-8-3)29(5,38-30)26-15-14-25-24(31)16-17-32-33(25)26;1-5-9-17-35-21-29(34,22-36-18-10-6-2)28(38-20-12-8-4)27(37-19-11-7-3)26(33)25-14-13-24-23(30)15-16-31-32(24)25/h14-17,27-28H,6-13,18-23,31H2,1-5H3;13-16,27-28,34H,5-12,17-22,30H2,1-4H3/t27-,28+,29?;27-,28-/m10/s1. The summed E-state index contributed by atoms with van der Waals surface area (Å²) >= 11 is 0. The number of nitrogens with zero attached hydrogens (tertiary/aromatic N) is 4. The number of aliphatic hydroxyl groups is 1. The minimum Gasteiger partial charge on any atom is -0.397 e. The van der Waals surface area contributed by atoms with Gasteiger partial charge in [0.25, 0.3) is 0 Å². The van der Waals surface area contributed by atoms with Gasteiger partial charge in [0.2, 0.25) is 5.78 Å². The van der Waals surface area contributed by atoms with Crippen LogP contribution in [0.4, 0.5) is 11.4 Å². The molecule has 17 heteroatoms. The fourth-order valence-electron chi connectivity index (χ4n) is 9.26. The molecule has 1 saturated heterocycles. The Morgan fingerprint density at radius 3 is 1.55 bits per heavy atom. The Labute approximate surface area is 455 Å². The van der Waals surface area contributed by atoms with E-state index in [0.29, 0.717) is 88.7 Å². The number of ether oxygens (including phenoxy) is 9. The van der Waals surface area contributed by atoms with Gasteiger partial charge in [0, 0.05) is 65.2 Å². The number of Topliss-reactive ketones (excluding diaryl/α,β-unsaturated/α-hetero) is 1. The lowest BCUT2D eigenvalue weighted by Gasteiger charge is -2.39. The maximum atomic E-state index is 14.1. The normalized spacial score (nSPS) is 18.3. The number of aromatic nitrogens is 4. The Morgan fingerprint density at radius 1 is 0.592 bits per heavy atom. The van der Waals surface area contributed by atoms with Crippen LogP contribution in [0.5, 0.6) is 0 Å². The van der Waals surface area contributed by atoms with Crippen molar-refractivity contribution >= 4 is 28.2 Å². The molecule has 5 heterocycles. The van der Waals surface area contributed by atoms with Crippen molar-refractivity contribution in [1.29, 1.82) is 0 Å². The number of nitrogens with two attached hydrogens (primary N) is 2. The van der Waals surface area contributed by atoms with Gasteiger partial charge in [-0.1, -0.05) is 107 Å². The first-order chi connectivity index (χ1) is 36.9. The number of hydrogen-bond acceptors (Lipinski definition) is 15. The molecule has 1 unspecified atom stereocenters. The average Bonchev–Trinajstić information content (AvgIpc) is 4.13. The molecule has 5 atom stereocenters. The average molecular weight is 1070 g/mol. The third kappa shape index (κ3) is 18.1. The molecule has 0 spiro atoms. The van der Waals surface area contributed by atoms with E-state index in [2.05, 4.69) is 72.5 Å². The second kappa shape index (κ2) is 35.0. The molecule has 1 aliphatic rings. The number of carbonyl (C=O) groups is 1. The number of hydrogen-bond donors (Lipinski definition) is 3. The third-order valence-corrected chi connectivity index (χ3v) is 13.9. The summed E-state index contributed by atoms with van der Waals surface area (Å²) in [5.74, 6) is -0.332. The SMILES string of the molecule is CCCCOCC(O)(COCCCC)[C@@H](OCCCC)[C@@H](OCCCC)C(=O)c1ccc2c(N)ccnn12.CCCCOCC1(COCCCC)OC(C)(c2ccc3c(N)ccnn23)[C@H](OCCCC)[C@@H]1OCCCC. The zero-order valence-corrected chi connectivity index (χ0v) is 48.2. The quantitative estimate of drug-likeness (QED) is 0.0279. The van der Waals surface area contributed by atoms with E-state index < -0.39 is 29.0 Å². The van der Waals surface area contributed by atoms with E-state index in [1.54, 1.807) is 30.6 Å². The van der Waals surface area contributed by atoms with Crippen LogP contribution in [-0.2, 0) is 48.2 Å². The molecule has 4 aromatic heterocycles. The van der Waals surface area contributed by atoms with E-state index in [1.165, 1.54) is 4.52 Å². The monoisotopic (exact) mass is 1070 g/mol. The van der Waals surface area contributed by atoms with E-state index in [0.717, 1.165) is 114 Å². The molecule has 4 aromatic rings. The molecule has 0 saturated carbocycles. The summed E-state index contributed by atoms with van der Waals surface area (Å²) in [4.78, 5) is 14.1. The Bertz CT molecular complexity index is 2160. The lowest BCUT2D eigenvalue weighted by Crippen LogP contribution is -2.59. The van der Waals surface area contributed by atoms with Crippen molar-refractivity contribution < 1.29 is 52.5 Å². The molecule has 0 aliphatic carbocycles. The molecule has 0 bridgehead atoms. The van der Waals surface area contributed by atoms with Crippen LogP contribution in [0.1, 0.15) is 181 Å². The minimum atomic E-state index is -1.60. The van der Waals surface area contributed by atoms with Crippen LogP contribution >= 0.6 is 0 Å². The number of unbranched alkanes of at least 4 members (excludes halogenated alkanes) is 8. The molecular weight excluding hydrogens is 969 g/mol. The molecule has 76 heavy (non-hydrogen) atoms. The van der Waals surface area contributed by atoms with E-state index in [-0.39, 0.29) is 31.2 Å². The largest absolute Gasteiger partial charge is 0.397 e. The van der Waals surface area contributed by atoms with E-state index in [1.807, 2.05) is 22.7 Å². The zero-order valence-electron chi connectivity index (χ0n) is 48.2. The van der Waals surface area contributed by atoms with Gasteiger partial charge >= 0.3 is 0 Å². The number of carbonyl (C=O) groups excluding carboxylic acids is 1. The lowest BCUT2D eigenvalue weighted by atomic mass is 9.88. The number of rotatable bonds is 41. The van der Waals surface area contributed by atoms with Gasteiger partial charge in [-0.05, 0) is 94.7 Å². The molecule has 5 rings (SSSR count). The van der Waals surface area contributed by atoms with Crippen LogP contribution in [0.25, 0.3) is 11.0 Å². The summed E-state index contributed by atoms with van der Waals surface area (Å²) in [7, 11) is 0. The highest BCUT2D eigenvalue weighted by Crippen LogP contribution is 2.49. The lowest BCUT2D eigenvalue weighted by molar-refractivity contribution is -0.200. The molecule has 0 aromatic carbocycles. The van der Waals surface area contributed by atoms with Crippen LogP contribution in [0.15, 0.2) is 48.8 Å². The van der Waals surface area contributed by atoms with Crippen LogP contribution in [0.3, 0.4) is 0 Å². The fraction of sp³-hybridized carbons (Fsp3) is 0.746. The van der Waals surface area contributed by atoms with Crippen molar-refractivity contribution in [3.63, 3.8) is 0 Å². The summed E-state index contributed by atoms with van der Waals surface area (Å²) in [5, 5.41) is 21.0. The van der Waals surface area contributed by atoms with Gasteiger partial charge in [0.1, 0.15) is 40.8 Å². The predicted octanol–water partition coefficient (Wildman–Crippen LogP) is 10.7. The number of fused-ring (bicyclic) bond motifs is 2. The van der Waals surface area contributed by atoms with Gasteiger partial charge in [-0.2, -0.15) is 10.2 Å². The van der Waals surface area contributed by atoms with Crippen molar-refractivity contribution in [3.05, 3.63) is 60.2 Å². The van der Waals surface area contributed by atoms with Gasteiger partial charge in [0.15, 0.2) is 6.10 Å². The first-order valence-electron chi connectivity index (χ1n) is 29.1. The van der Waals surface area contributed by atoms with Gasteiger partial charge in [-0.25, -0.2) is 9.03 Å². The summed E-state index contributed by atoms with van der Waals surface area (Å²) in [6.45, 7) is 24.0. The highest BCUT2D eigenvalue weighted by atomic mass is 16.7. The molecule has 432 valence electrons. The van der Waals surface area contributed by atoms with Gasteiger partial charge in [0.05, 0.1) is 54.5 Å². The second-order valence-electron chi connectivity index (χ2n) is 20.6. The molecule has 1 aliphatic heterocycles. The zero-order chi connectivity index (χ0) is 55.2. The van der Waals surface area contributed by atoms with E-state index in [9.17, 15) is 9.90 Å². The van der Waals surface area contributed by atoms with Gasteiger partial charge < -0.3 is 59.2 Å². The Balaban J connectivity index is 0.000000328. The van der Waals surface area contributed by atoms with E-state index in [4.69, 9.17) is 54.1 Å². The number of anilines is 2. The van der Waals surface area contributed by atoms with Crippen molar-refractivity contribution in [2.75, 3.05) is 90.7 Å². The topological polar surface area (TPSA) is 207 Å². The molecule has 0 amide bonds. The minimum absolute atomic E-state index is 0.0308. The number of nitrogen functional groups attached to an aromatic ring is 2. The molecule has 5 N–H and O–H groups in total. The van der Waals surface area contributed by atoms with E-state index >= 15 is 0 Å². The van der Waals surface area contributed by atoms with Crippen LogP contribution in [0, 0.1) is 0 Å². The first-order valence-corrected chi connectivity index (χ1v) is 29.1. The van der Waals surface area contributed by atoms with Gasteiger partial charge in [-0.15, -0.1) is 0 Å². The summed E-state index contributed by atoms with van der Waals surface area (Å²) in [6, 6.07) is 11.0. The summed E-state index contributed by atoms with van der Waals surface area (Å²) < 4.78 is 60.8. The van der Waals surface area contributed by atoms with Crippen molar-refractivity contribution in [2.45, 2.75) is 206 Å². The van der Waals surface area contributed by atoms with Gasteiger partial charge in [-0.3, -0.25) is 4.79 Å². The summed E-state index contributed by atoms with van der Waals surface area (Å²) in [5.41, 5.74) is 13.0. The molecule has 1 fully saturated rings.